The van der Waals surface area contributed by atoms with E-state index >= 15 is 0 Å². The minimum Gasteiger partial charge on any atom is -0.493 e. The van der Waals surface area contributed by atoms with Crippen LogP contribution in [-0.2, 0) is 0 Å². The Morgan fingerprint density at radius 1 is 1.27 bits per heavy atom. The van der Waals surface area contributed by atoms with Crippen molar-refractivity contribution in [3.63, 3.8) is 0 Å². The van der Waals surface area contributed by atoms with Crippen molar-refractivity contribution in [2.24, 2.45) is 0 Å². The van der Waals surface area contributed by atoms with Crippen LogP contribution < -0.4 is 10.5 Å². The smallest absolute Gasteiger partial charge is 0.311 e. The molecule has 0 saturated heterocycles. The molecule has 0 aliphatic heterocycles. The molecule has 5 nitrogen and oxygen atoms in total. The molecule has 1 aromatic rings. The van der Waals surface area contributed by atoms with Gasteiger partial charge < -0.3 is 10.5 Å². The van der Waals surface area contributed by atoms with Gasteiger partial charge in [-0.05, 0) is 0 Å². The van der Waals surface area contributed by atoms with Crippen LogP contribution in [0, 0.1) is 10.1 Å². The summed E-state index contributed by atoms with van der Waals surface area (Å²) in [4.78, 5) is 9.90. The van der Waals surface area contributed by atoms with E-state index in [0.717, 1.165) is 0 Å². The monoisotopic (exact) mass is 270 g/mol. The summed E-state index contributed by atoms with van der Waals surface area (Å²) in [6.45, 7) is 0. The Morgan fingerprint density at radius 2 is 1.80 bits per heavy atom. The summed E-state index contributed by atoms with van der Waals surface area (Å²) in [6.07, 6.45) is 0. The Morgan fingerprint density at radius 3 is 2.20 bits per heavy atom. The van der Waals surface area contributed by atoms with Crippen molar-refractivity contribution in [3.8, 4) is 5.75 Å². The molecule has 1 rings (SSSR count). The highest BCUT2D eigenvalue weighted by Crippen LogP contribution is 2.48. The summed E-state index contributed by atoms with van der Waals surface area (Å²) >= 11 is 17.0. The highest BCUT2D eigenvalue weighted by atomic mass is 35.5. The Labute approximate surface area is 99.8 Å². The van der Waals surface area contributed by atoms with Crippen LogP contribution in [0.1, 0.15) is 0 Å². The molecule has 0 radical (unpaired) electrons. The Bertz CT molecular complexity index is 436. The van der Waals surface area contributed by atoms with Crippen molar-refractivity contribution in [1.29, 1.82) is 0 Å². The number of nitro benzene ring substituents is 1. The molecule has 0 saturated carbocycles. The molecular weight excluding hydrogens is 266 g/mol. The topological polar surface area (TPSA) is 78.4 Å². The molecule has 0 heterocycles. The SMILES string of the molecule is COc1c(N)c(Cl)c(Cl)c([N+](=O)[O-])c1Cl. The van der Waals surface area contributed by atoms with E-state index in [0.29, 0.717) is 0 Å². The number of hydrogen-bond donors (Lipinski definition) is 1. The van der Waals surface area contributed by atoms with E-state index in [-0.39, 0.29) is 26.5 Å². The summed E-state index contributed by atoms with van der Waals surface area (Å²) in [6, 6.07) is 0. The van der Waals surface area contributed by atoms with Crippen molar-refractivity contribution >= 4 is 46.2 Å². The fourth-order valence-electron chi connectivity index (χ4n) is 1.00. The predicted molar refractivity (Wildman–Crippen MR) is 59.1 cm³/mol. The number of anilines is 1. The fourth-order valence-corrected chi connectivity index (χ4v) is 1.84. The number of methoxy groups -OCH3 is 1. The molecule has 8 heteroatoms. The lowest BCUT2D eigenvalue weighted by Crippen LogP contribution is -1.99. The third-order valence-electron chi connectivity index (χ3n) is 1.68. The average Bonchev–Trinajstić information content (AvgIpc) is 2.15. The quantitative estimate of drug-likeness (QED) is 0.388. The Kier molecular flexibility index (Phi) is 3.49. The van der Waals surface area contributed by atoms with Gasteiger partial charge in [0.05, 0.1) is 22.7 Å². The first-order valence-electron chi connectivity index (χ1n) is 3.56. The van der Waals surface area contributed by atoms with E-state index in [1.165, 1.54) is 7.11 Å². The standard InChI is InChI=1S/C7H5Cl3N2O3/c1-15-7-4(10)6(12(13)14)3(9)2(8)5(7)11/h11H2,1H3. The van der Waals surface area contributed by atoms with Crippen LogP contribution in [0.3, 0.4) is 0 Å². The molecule has 0 atom stereocenters. The predicted octanol–water partition coefficient (Wildman–Crippen LogP) is 3.15. The third-order valence-corrected chi connectivity index (χ3v) is 2.88. The molecule has 2 N–H and O–H groups in total. The fraction of sp³-hybridized carbons (Fsp3) is 0.143. The second-order valence-corrected chi connectivity index (χ2v) is 3.63. The lowest BCUT2D eigenvalue weighted by molar-refractivity contribution is -0.384. The maximum atomic E-state index is 10.7. The van der Waals surface area contributed by atoms with Gasteiger partial charge >= 0.3 is 5.69 Å². The van der Waals surface area contributed by atoms with Crippen molar-refractivity contribution in [2.75, 3.05) is 12.8 Å². The maximum absolute atomic E-state index is 10.7. The molecule has 0 aromatic heterocycles. The van der Waals surface area contributed by atoms with E-state index in [2.05, 4.69) is 0 Å². The average molecular weight is 271 g/mol. The molecule has 0 aliphatic carbocycles. The minimum atomic E-state index is -0.751. The number of benzene rings is 1. The van der Waals surface area contributed by atoms with Crippen LogP contribution >= 0.6 is 34.8 Å². The lowest BCUT2D eigenvalue weighted by Gasteiger charge is -2.10. The number of nitrogens with two attached hydrogens (primary N) is 1. The number of nitro groups is 1. The van der Waals surface area contributed by atoms with Crippen LogP contribution in [0.2, 0.25) is 15.1 Å². The molecular formula is C7H5Cl3N2O3. The third kappa shape index (κ3) is 1.90. The summed E-state index contributed by atoms with van der Waals surface area (Å²) in [5.74, 6) is -0.0576. The number of halogens is 3. The van der Waals surface area contributed by atoms with E-state index in [1.54, 1.807) is 0 Å². The van der Waals surface area contributed by atoms with Gasteiger partial charge in [-0.3, -0.25) is 10.1 Å². The maximum Gasteiger partial charge on any atom is 0.311 e. The van der Waals surface area contributed by atoms with Gasteiger partial charge in [-0.1, -0.05) is 34.8 Å². The molecule has 0 fully saturated rings. The zero-order valence-corrected chi connectivity index (χ0v) is 9.65. The van der Waals surface area contributed by atoms with Gasteiger partial charge in [0.25, 0.3) is 0 Å². The Hall–Kier alpha value is -0.910. The molecule has 1 aromatic carbocycles. The van der Waals surface area contributed by atoms with Gasteiger partial charge in [0, 0.05) is 0 Å². The molecule has 0 unspecified atom stereocenters. The largest absolute Gasteiger partial charge is 0.493 e. The molecule has 15 heavy (non-hydrogen) atoms. The molecule has 0 bridgehead atoms. The minimum absolute atomic E-state index is 0.0280. The van der Waals surface area contributed by atoms with Crippen LogP contribution in [0.5, 0.6) is 5.75 Å². The Balaban J connectivity index is 3.68. The number of nitrogen functional groups attached to an aromatic ring is 1. The molecule has 0 aliphatic rings. The highest BCUT2D eigenvalue weighted by molar-refractivity contribution is 6.47. The zero-order chi connectivity index (χ0) is 11.7. The van der Waals surface area contributed by atoms with Crippen LogP contribution in [0.25, 0.3) is 0 Å². The van der Waals surface area contributed by atoms with E-state index < -0.39 is 10.6 Å². The van der Waals surface area contributed by atoms with Crippen LogP contribution in [0.15, 0.2) is 0 Å². The van der Waals surface area contributed by atoms with Crippen LogP contribution in [-0.4, -0.2) is 12.0 Å². The number of nitrogens with zero attached hydrogens (tertiary/aromatic N) is 1. The summed E-state index contributed by atoms with van der Waals surface area (Å²) in [7, 11) is 1.27. The van der Waals surface area contributed by atoms with Gasteiger partial charge in [-0.25, -0.2) is 0 Å². The van der Waals surface area contributed by atoms with Crippen molar-refractivity contribution < 1.29 is 9.66 Å². The number of ether oxygens (including phenoxy) is 1. The van der Waals surface area contributed by atoms with Gasteiger partial charge in [0.1, 0.15) is 5.02 Å². The first kappa shape index (κ1) is 12.2. The molecule has 82 valence electrons. The zero-order valence-electron chi connectivity index (χ0n) is 7.38. The van der Waals surface area contributed by atoms with E-state index in [4.69, 9.17) is 45.3 Å². The first-order valence-corrected chi connectivity index (χ1v) is 4.69. The van der Waals surface area contributed by atoms with E-state index in [1.807, 2.05) is 0 Å². The van der Waals surface area contributed by atoms with Gasteiger partial charge in [0.15, 0.2) is 10.8 Å². The number of hydrogen-bond acceptors (Lipinski definition) is 4. The second kappa shape index (κ2) is 4.30. The normalized spacial score (nSPS) is 10.1. The van der Waals surface area contributed by atoms with Gasteiger partial charge in [-0.15, -0.1) is 0 Å². The summed E-state index contributed by atoms with van der Waals surface area (Å²) in [5.41, 5.74) is 4.97. The van der Waals surface area contributed by atoms with Crippen molar-refractivity contribution in [3.05, 3.63) is 25.2 Å². The van der Waals surface area contributed by atoms with Crippen LogP contribution in [0.4, 0.5) is 11.4 Å². The number of rotatable bonds is 2. The van der Waals surface area contributed by atoms with Crippen molar-refractivity contribution in [1.82, 2.24) is 0 Å². The van der Waals surface area contributed by atoms with Gasteiger partial charge in [0.2, 0.25) is 0 Å². The summed E-state index contributed by atoms with van der Waals surface area (Å²) < 4.78 is 4.80. The lowest BCUT2D eigenvalue weighted by atomic mass is 10.2. The summed E-state index contributed by atoms with van der Waals surface area (Å²) in [5, 5.41) is 9.94. The van der Waals surface area contributed by atoms with Gasteiger partial charge in [-0.2, -0.15) is 0 Å². The highest BCUT2D eigenvalue weighted by Gasteiger charge is 2.28. The molecule has 0 spiro atoms. The van der Waals surface area contributed by atoms with Crippen molar-refractivity contribution in [2.45, 2.75) is 0 Å². The first-order chi connectivity index (χ1) is 6.91. The molecule has 0 amide bonds. The van der Waals surface area contributed by atoms with E-state index in [9.17, 15) is 10.1 Å². The second-order valence-electron chi connectivity index (χ2n) is 2.49.